The zero-order valence-electron chi connectivity index (χ0n) is 12.6. The summed E-state index contributed by atoms with van der Waals surface area (Å²) in [5, 5.41) is 4.96. The van der Waals surface area contributed by atoms with E-state index >= 15 is 0 Å². The molecule has 0 aliphatic heterocycles. The van der Waals surface area contributed by atoms with Crippen LogP contribution in [-0.2, 0) is 13.1 Å². The van der Waals surface area contributed by atoms with Crippen LogP contribution in [0.3, 0.4) is 0 Å². The molecule has 1 aromatic heterocycles. The van der Waals surface area contributed by atoms with E-state index < -0.39 is 0 Å². The summed E-state index contributed by atoms with van der Waals surface area (Å²) in [4.78, 5) is 4.10. The van der Waals surface area contributed by atoms with Crippen LogP contribution in [0.25, 0.3) is 0 Å². The van der Waals surface area contributed by atoms with E-state index in [1.807, 2.05) is 24.7 Å². The van der Waals surface area contributed by atoms with Crippen molar-refractivity contribution in [3.05, 3.63) is 52.5 Å². The van der Waals surface area contributed by atoms with Gasteiger partial charge in [-0.3, -0.25) is 0 Å². The number of halogens is 2. The van der Waals surface area contributed by atoms with Crippen molar-refractivity contribution in [3.8, 4) is 0 Å². The van der Waals surface area contributed by atoms with Gasteiger partial charge in [-0.1, -0.05) is 50.0 Å². The largest absolute Gasteiger partial charge is 0.336 e. The molecule has 3 nitrogen and oxygen atoms in total. The SMILES string of the molecule is CC(C)(C)C(Cn1ccnc1)NCc1ccc(Cl)cc1Cl. The van der Waals surface area contributed by atoms with E-state index in [-0.39, 0.29) is 5.41 Å². The summed E-state index contributed by atoms with van der Waals surface area (Å²) in [5.41, 5.74) is 1.18. The molecule has 21 heavy (non-hydrogen) atoms. The molecule has 2 rings (SSSR count). The molecule has 0 saturated heterocycles. The Bertz CT molecular complexity index is 574. The molecule has 2 aromatic rings. The summed E-state index contributed by atoms with van der Waals surface area (Å²) < 4.78 is 2.09. The molecule has 1 heterocycles. The first-order chi connectivity index (χ1) is 9.86. The van der Waals surface area contributed by atoms with E-state index in [0.29, 0.717) is 22.6 Å². The molecule has 5 heteroatoms. The highest BCUT2D eigenvalue weighted by Crippen LogP contribution is 2.24. The standard InChI is InChI=1S/C16H21Cl2N3/c1-16(2,3)15(10-21-7-6-19-11-21)20-9-12-4-5-13(17)8-14(12)18/h4-8,11,15,20H,9-10H2,1-3H3. The van der Waals surface area contributed by atoms with Crippen molar-refractivity contribution < 1.29 is 0 Å². The van der Waals surface area contributed by atoms with Crippen LogP contribution in [0.4, 0.5) is 0 Å². The number of benzene rings is 1. The van der Waals surface area contributed by atoms with Crippen molar-refractivity contribution >= 4 is 23.2 Å². The summed E-state index contributed by atoms with van der Waals surface area (Å²) in [7, 11) is 0. The number of rotatable bonds is 5. The van der Waals surface area contributed by atoms with E-state index in [2.05, 4.69) is 35.6 Å². The molecular weight excluding hydrogens is 305 g/mol. The van der Waals surface area contributed by atoms with Gasteiger partial charge in [0.2, 0.25) is 0 Å². The Labute approximate surface area is 136 Å². The van der Waals surface area contributed by atoms with E-state index in [9.17, 15) is 0 Å². The van der Waals surface area contributed by atoms with Gasteiger partial charge in [-0.2, -0.15) is 0 Å². The first kappa shape index (κ1) is 16.3. The molecule has 114 valence electrons. The second-order valence-electron chi connectivity index (χ2n) is 6.29. The van der Waals surface area contributed by atoms with Crippen LogP contribution in [0.2, 0.25) is 10.0 Å². The number of hydrogen-bond donors (Lipinski definition) is 1. The fourth-order valence-electron chi connectivity index (χ4n) is 2.15. The average Bonchev–Trinajstić information content (AvgIpc) is 2.87. The number of imidazole rings is 1. The van der Waals surface area contributed by atoms with Crippen LogP contribution in [-0.4, -0.2) is 15.6 Å². The van der Waals surface area contributed by atoms with Crippen molar-refractivity contribution in [1.29, 1.82) is 0 Å². The fraction of sp³-hybridized carbons (Fsp3) is 0.438. The van der Waals surface area contributed by atoms with Crippen molar-refractivity contribution in [3.63, 3.8) is 0 Å². The highest BCUT2D eigenvalue weighted by atomic mass is 35.5. The van der Waals surface area contributed by atoms with Gasteiger partial charge in [-0.25, -0.2) is 4.98 Å². The van der Waals surface area contributed by atoms with Gasteiger partial charge in [0.25, 0.3) is 0 Å². The molecule has 0 radical (unpaired) electrons. The molecule has 0 saturated carbocycles. The lowest BCUT2D eigenvalue weighted by Gasteiger charge is -2.32. The van der Waals surface area contributed by atoms with Crippen LogP contribution in [0.5, 0.6) is 0 Å². The van der Waals surface area contributed by atoms with Gasteiger partial charge in [0, 0.05) is 41.6 Å². The lowest BCUT2D eigenvalue weighted by atomic mass is 9.86. The Morgan fingerprint density at radius 3 is 2.62 bits per heavy atom. The Morgan fingerprint density at radius 1 is 1.29 bits per heavy atom. The van der Waals surface area contributed by atoms with Gasteiger partial charge in [-0.15, -0.1) is 0 Å². The highest BCUT2D eigenvalue weighted by molar-refractivity contribution is 6.35. The predicted molar refractivity (Wildman–Crippen MR) is 88.8 cm³/mol. The molecule has 0 bridgehead atoms. The number of nitrogens with zero attached hydrogens (tertiary/aromatic N) is 2. The van der Waals surface area contributed by atoms with Crippen molar-refractivity contribution in [2.75, 3.05) is 0 Å². The van der Waals surface area contributed by atoms with Gasteiger partial charge < -0.3 is 9.88 Å². The Hall–Kier alpha value is -1.03. The van der Waals surface area contributed by atoms with Gasteiger partial charge in [-0.05, 0) is 23.1 Å². The molecule has 0 aliphatic carbocycles. The maximum atomic E-state index is 6.23. The van der Waals surface area contributed by atoms with Crippen LogP contribution in [0, 0.1) is 5.41 Å². The monoisotopic (exact) mass is 325 g/mol. The lowest BCUT2D eigenvalue weighted by Crippen LogP contribution is -2.43. The number of aromatic nitrogens is 2. The van der Waals surface area contributed by atoms with Gasteiger partial charge in [0.05, 0.1) is 6.33 Å². The normalized spacial score (nSPS) is 13.4. The van der Waals surface area contributed by atoms with Crippen LogP contribution in [0.1, 0.15) is 26.3 Å². The zero-order chi connectivity index (χ0) is 15.5. The fourth-order valence-corrected chi connectivity index (χ4v) is 2.62. The first-order valence-electron chi connectivity index (χ1n) is 6.99. The highest BCUT2D eigenvalue weighted by Gasteiger charge is 2.24. The maximum Gasteiger partial charge on any atom is 0.0946 e. The van der Waals surface area contributed by atoms with Crippen LogP contribution >= 0.6 is 23.2 Å². The molecule has 0 aliphatic rings. The van der Waals surface area contributed by atoms with E-state index in [1.54, 1.807) is 12.3 Å². The van der Waals surface area contributed by atoms with Gasteiger partial charge in [0.1, 0.15) is 0 Å². The Morgan fingerprint density at radius 2 is 2.05 bits per heavy atom. The molecule has 1 aromatic carbocycles. The quantitative estimate of drug-likeness (QED) is 0.883. The van der Waals surface area contributed by atoms with E-state index in [1.165, 1.54) is 0 Å². The van der Waals surface area contributed by atoms with Crippen molar-refractivity contribution in [2.24, 2.45) is 5.41 Å². The molecular formula is C16H21Cl2N3. The second kappa shape index (κ2) is 6.82. The molecule has 0 fully saturated rings. The molecule has 1 atom stereocenters. The summed E-state index contributed by atoms with van der Waals surface area (Å²) in [6.07, 6.45) is 5.63. The smallest absolute Gasteiger partial charge is 0.0946 e. The third-order valence-electron chi connectivity index (χ3n) is 3.55. The second-order valence-corrected chi connectivity index (χ2v) is 7.14. The van der Waals surface area contributed by atoms with Crippen molar-refractivity contribution in [1.82, 2.24) is 14.9 Å². The van der Waals surface area contributed by atoms with Gasteiger partial charge >= 0.3 is 0 Å². The summed E-state index contributed by atoms with van der Waals surface area (Å²) in [6, 6.07) is 5.92. The zero-order valence-corrected chi connectivity index (χ0v) is 14.1. The summed E-state index contributed by atoms with van der Waals surface area (Å²) >= 11 is 12.2. The molecule has 0 spiro atoms. The van der Waals surface area contributed by atoms with Crippen LogP contribution in [0.15, 0.2) is 36.9 Å². The van der Waals surface area contributed by atoms with Crippen molar-refractivity contribution in [2.45, 2.75) is 39.9 Å². The van der Waals surface area contributed by atoms with E-state index in [4.69, 9.17) is 23.2 Å². The molecule has 1 N–H and O–H groups in total. The van der Waals surface area contributed by atoms with Gasteiger partial charge in [0.15, 0.2) is 0 Å². The van der Waals surface area contributed by atoms with Crippen LogP contribution < -0.4 is 5.32 Å². The summed E-state index contributed by atoms with van der Waals surface area (Å²) in [5.74, 6) is 0. The first-order valence-corrected chi connectivity index (χ1v) is 7.75. The third kappa shape index (κ3) is 4.73. The minimum absolute atomic E-state index is 0.128. The lowest BCUT2D eigenvalue weighted by molar-refractivity contribution is 0.240. The Kier molecular flexibility index (Phi) is 5.31. The minimum atomic E-state index is 0.128. The Balaban J connectivity index is 2.05. The number of hydrogen-bond acceptors (Lipinski definition) is 2. The predicted octanol–water partition coefficient (Wildman–Crippen LogP) is 4.39. The van der Waals surface area contributed by atoms with E-state index in [0.717, 1.165) is 12.1 Å². The third-order valence-corrected chi connectivity index (χ3v) is 4.14. The topological polar surface area (TPSA) is 29.9 Å². The molecule has 0 amide bonds. The summed E-state index contributed by atoms with van der Waals surface area (Å²) in [6.45, 7) is 8.27. The number of nitrogens with one attached hydrogen (secondary N) is 1. The minimum Gasteiger partial charge on any atom is -0.336 e. The average molecular weight is 326 g/mol. The molecule has 1 unspecified atom stereocenters. The maximum absolute atomic E-state index is 6.23.